The van der Waals surface area contributed by atoms with E-state index in [1.807, 2.05) is 0 Å². The second-order valence-corrected chi connectivity index (χ2v) is 13.8. The van der Waals surface area contributed by atoms with Gasteiger partial charge in [-0.1, -0.05) is 0 Å². The van der Waals surface area contributed by atoms with E-state index in [0.29, 0.717) is 26.1 Å². The average molecular weight is 586 g/mol. The van der Waals surface area contributed by atoms with E-state index in [1.165, 1.54) is 0 Å². The predicted molar refractivity (Wildman–Crippen MR) is 145 cm³/mol. The molecule has 12 unspecified atom stereocenters. The number of rotatable bonds is 6. The molecule has 3 N–H and O–H groups in total. The summed E-state index contributed by atoms with van der Waals surface area (Å²) in [4.78, 5) is 28.4. The largest absolute Gasteiger partial charge is 0.381 e. The Morgan fingerprint density at radius 1 is 1.12 bits per heavy atom. The first kappa shape index (κ1) is 29.9. The zero-order valence-corrected chi connectivity index (χ0v) is 24.1. The van der Waals surface area contributed by atoms with Gasteiger partial charge in [0.25, 0.3) is 0 Å². The first-order valence-electron chi connectivity index (χ1n) is 14.8. The highest BCUT2D eigenvalue weighted by atomic mass is 32.2. The number of hydrogen-bond donors (Lipinski definition) is 3. The zero-order valence-electron chi connectivity index (χ0n) is 23.2. The van der Waals surface area contributed by atoms with Gasteiger partial charge >= 0.3 is 0 Å². The van der Waals surface area contributed by atoms with E-state index < -0.39 is 24.4 Å². The molecule has 0 aromatic rings. The van der Waals surface area contributed by atoms with Crippen LogP contribution in [0.2, 0.25) is 0 Å². The van der Waals surface area contributed by atoms with Crippen molar-refractivity contribution in [1.82, 2.24) is 20.9 Å². The van der Waals surface area contributed by atoms with Crippen LogP contribution in [0.3, 0.4) is 0 Å². The van der Waals surface area contributed by atoms with Crippen LogP contribution < -0.4 is 16.0 Å². The Kier molecular flexibility index (Phi) is 9.54. The fraction of sp³-hybridized carbons (Fsp3) is 0.893. The normalized spacial score (nSPS) is 43.8. The van der Waals surface area contributed by atoms with Gasteiger partial charge in [-0.15, -0.1) is 11.8 Å². The maximum absolute atomic E-state index is 13.9. The van der Waals surface area contributed by atoms with Gasteiger partial charge in [-0.25, -0.2) is 13.2 Å². The maximum Gasteiger partial charge on any atom is 0.244 e. The molecule has 0 bridgehead atoms. The number of nitriles is 1. The van der Waals surface area contributed by atoms with E-state index in [-0.39, 0.29) is 77.3 Å². The number of fused-ring (bicyclic) bond motifs is 1. The standard InChI is InChI=1S/C28H42F3N5O3S/c1-14-7-17(18-8-15(10-32)3-6-23(18)39-2)20(11-33-14)26(37)35-28-34-22-12-36(13-24(22)40-28)27(38)16-4-5-21(29)19(9-16)25(30)31/h14-25,28,33-34H,3-9,11-13H2,1-2H3,(H,35,37). The van der Waals surface area contributed by atoms with E-state index in [1.54, 1.807) is 23.8 Å². The Labute approximate surface area is 238 Å². The summed E-state index contributed by atoms with van der Waals surface area (Å²) in [5, 5.41) is 19.8. The third-order valence-corrected chi connectivity index (χ3v) is 11.4. The van der Waals surface area contributed by atoms with Gasteiger partial charge < -0.3 is 20.3 Å². The number of halogens is 3. The van der Waals surface area contributed by atoms with Gasteiger partial charge in [0.2, 0.25) is 18.2 Å². The molecule has 0 spiro atoms. The molecule has 224 valence electrons. The lowest BCUT2D eigenvalue weighted by Gasteiger charge is -2.44. The van der Waals surface area contributed by atoms with Gasteiger partial charge in [0.05, 0.1) is 24.0 Å². The molecule has 3 heterocycles. The Balaban J connectivity index is 1.16. The van der Waals surface area contributed by atoms with Gasteiger partial charge in [-0.3, -0.25) is 14.9 Å². The average Bonchev–Trinajstić information content (AvgIpc) is 3.51. The first-order valence-corrected chi connectivity index (χ1v) is 15.7. The van der Waals surface area contributed by atoms with Gasteiger partial charge in [-0.2, -0.15) is 5.26 Å². The molecule has 3 aliphatic heterocycles. The van der Waals surface area contributed by atoms with Crippen LogP contribution in [0.5, 0.6) is 0 Å². The van der Waals surface area contributed by atoms with E-state index in [4.69, 9.17) is 4.74 Å². The number of likely N-dealkylation sites (tertiary alicyclic amines) is 1. The van der Waals surface area contributed by atoms with Crippen LogP contribution in [0.25, 0.3) is 0 Å². The maximum atomic E-state index is 13.9. The van der Waals surface area contributed by atoms with Crippen molar-refractivity contribution in [3.8, 4) is 6.07 Å². The lowest BCUT2D eigenvalue weighted by Crippen LogP contribution is -2.55. The summed E-state index contributed by atoms with van der Waals surface area (Å²) in [6, 6.07) is 2.71. The molecule has 2 aliphatic carbocycles. The Morgan fingerprint density at radius 2 is 1.93 bits per heavy atom. The molecular weight excluding hydrogens is 543 g/mol. The van der Waals surface area contributed by atoms with Crippen LogP contribution in [0.4, 0.5) is 13.2 Å². The van der Waals surface area contributed by atoms with Crippen LogP contribution in [-0.4, -0.2) is 85.0 Å². The molecule has 40 heavy (non-hydrogen) atoms. The number of hydrogen-bond acceptors (Lipinski definition) is 7. The van der Waals surface area contributed by atoms with Crippen LogP contribution >= 0.6 is 11.8 Å². The third-order valence-electron chi connectivity index (χ3n) is 10.0. The molecule has 0 aromatic carbocycles. The number of alkyl halides is 3. The molecule has 3 saturated heterocycles. The molecule has 0 aromatic heterocycles. The van der Waals surface area contributed by atoms with Crippen molar-refractivity contribution in [3.63, 3.8) is 0 Å². The highest BCUT2D eigenvalue weighted by molar-refractivity contribution is 8.00. The zero-order chi connectivity index (χ0) is 28.6. The van der Waals surface area contributed by atoms with Crippen LogP contribution in [0, 0.1) is 46.8 Å². The van der Waals surface area contributed by atoms with Crippen molar-refractivity contribution in [2.75, 3.05) is 26.7 Å². The van der Waals surface area contributed by atoms with E-state index in [9.17, 15) is 28.0 Å². The summed E-state index contributed by atoms with van der Waals surface area (Å²) in [5.74, 6) is -2.05. The minimum absolute atomic E-state index is 0.00402. The van der Waals surface area contributed by atoms with Gasteiger partial charge in [0.15, 0.2) is 0 Å². The van der Waals surface area contributed by atoms with Gasteiger partial charge in [-0.05, 0) is 63.7 Å². The summed E-state index contributed by atoms with van der Waals surface area (Å²) in [5.41, 5.74) is -0.277. The van der Waals surface area contributed by atoms with Crippen molar-refractivity contribution in [1.29, 1.82) is 5.26 Å². The number of carbonyl (C=O) groups excluding carboxylic acids is 2. The fourth-order valence-corrected chi connectivity index (χ4v) is 9.23. The molecule has 0 radical (unpaired) electrons. The smallest absolute Gasteiger partial charge is 0.244 e. The minimum atomic E-state index is -2.75. The van der Waals surface area contributed by atoms with Crippen LogP contribution in [-0.2, 0) is 14.3 Å². The van der Waals surface area contributed by atoms with Crippen molar-refractivity contribution in [2.24, 2.45) is 35.5 Å². The van der Waals surface area contributed by atoms with Crippen molar-refractivity contribution >= 4 is 23.6 Å². The number of amides is 2. The van der Waals surface area contributed by atoms with Crippen molar-refractivity contribution in [3.05, 3.63) is 0 Å². The highest BCUT2D eigenvalue weighted by Crippen LogP contribution is 2.42. The Bertz CT molecular complexity index is 958. The summed E-state index contributed by atoms with van der Waals surface area (Å²) in [6.45, 7) is 3.65. The van der Waals surface area contributed by atoms with E-state index in [2.05, 4.69) is 28.9 Å². The predicted octanol–water partition coefficient (Wildman–Crippen LogP) is 2.89. The fourth-order valence-electron chi connectivity index (χ4n) is 7.82. The number of nitrogens with zero attached hydrogens (tertiary/aromatic N) is 2. The first-order chi connectivity index (χ1) is 19.2. The molecule has 5 aliphatic rings. The Morgan fingerprint density at radius 3 is 2.62 bits per heavy atom. The van der Waals surface area contributed by atoms with Gasteiger partial charge in [0.1, 0.15) is 11.7 Å². The molecule has 8 nitrogen and oxygen atoms in total. The summed E-state index contributed by atoms with van der Waals surface area (Å²) in [7, 11) is 1.72. The van der Waals surface area contributed by atoms with Crippen molar-refractivity contribution < 1.29 is 27.5 Å². The van der Waals surface area contributed by atoms with Gasteiger partial charge in [0, 0.05) is 55.9 Å². The highest BCUT2D eigenvalue weighted by Gasteiger charge is 2.48. The summed E-state index contributed by atoms with van der Waals surface area (Å²) >= 11 is 1.59. The second kappa shape index (κ2) is 12.8. The summed E-state index contributed by atoms with van der Waals surface area (Å²) < 4.78 is 46.2. The topological polar surface area (TPSA) is 106 Å². The number of methoxy groups -OCH3 is 1. The molecule has 5 rings (SSSR count). The molecule has 12 heteroatoms. The van der Waals surface area contributed by atoms with Crippen molar-refractivity contribution in [2.45, 2.75) is 93.4 Å². The molecular formula is C28H42F3N5O3S. The van der Waals surface area contributed by atoms with E-state index >= 15 is 0 Å². The number of piperidine rings is 1. The third kappa shape index (κ3) is 6.27. The SMILES string of the molecule is COC1CCC(C#N)CC1C1CC(C)NCC1C(=O)NC1NC2CN(C(=O)C3CCC(F)C(C(F)F)C3)CC2S1. The van der Waals surface area contributed by atoms with Crippen LogP contribution in [0.15, 0.2) is 0 Å². The van der Waals surface area contributed by atoms with Crippen LogP contribution in [0.1, 0.15) is 51.9 Å². The summed E-state index contributed by atoms with van der Waals surface area (Å²) in [6.07, 6.45) is -0.756. The van der Waals surface area contributed by atoms with E-state index in [0.717, 1.165) is 25.7 Å². The monoisotopic (exact) mass is 585 g/mol. The Hall–Kier alpha value is -1.55. The minimum Gasteiger partial charge on any atom is -0.381 e. The molecule has 12 atom stereocenters. The number of thioether (sulfide) groups is 1. The molecule has 2 amide bonds. The quantitative estimate of drug-likeness (QED) is 0.440. The lowest BCUT2D eigenvalue weighted by molar-refractivity contribution is -0.138. The number of carbonyl (C=O) groups is 2. The molecule has 2 saturated carbocycles. The number of nitrogens with one attached hydrogen (secondary N) is 3. The molecule has 5 fully saturated rings. The lowest BCUT2D eigenvalue weighted by atomic mass is 9.66. The second-order valence-electron chi connectivity index (χ2n) is 12.5. The number of ether oxygens (including phenoxy) is 1.